The van der Waals surface area contributed by atoms with Crippen molar-refractivity contribution in [3.05, 3.63) is 24.3 Å². The fourth-order valence-corrected chi connectivity index (χ4v) is 1.35. The number of hydrogen-bond donors (Lipinski definition) is 0. The van der Waals surface area contributed by atoms with Crippen LogP contribution < -0.4 is 9.47 Å². The zero-order valence-corrected chi connectivity index (χ0v) is 11.6. The monoisotopic (exact) mass is 270 g/mol. The minimum Gasteiger partial charge on any atom is -0.497 e. The Bertz CT molecular complexity index is 312. The van der Waals surface area contributed by atoms with E-state index in [0.29, 0.717) is 39.6 Å². The molecule has 0 bridgehead atoms. The predicted octanol–water partition coefficient (Wildman–Crippen LogP) is 1.75. The molecule has 0 amide bonds. The van der Waals surface area contributed by atoms with Crippen molar-refractivity contribution >= 4 is 0 Å². The number of ether oxygens (including phenoxy) is 5. The maximum Gasteiger partial charge on any atom is 0.119 e. The normalized spacial score (nSPS) is 10.4. The minimum atomic E-state index is 0.518. The van der Waals surface area contributed by atoms with Crippen molar-refractivity contribution in [3.63, 3.8) is 0 Å². The highest BCUT2D eigenvalue weighted by Crippen LogP contribution is 2.16. The van der Waals surface area contributed by atoms with E-state index in [9.17, 15) is 0 Å². The van der Waals surface area contributed by atoms with Crippen molar-refractivity contribution in [1.82, 2.24) is 0 Å². The topological polar surface area (TPSA) is 46.2 Å². The van der Waals surface area contributed by atoms with Crippen LogP contribution in [0.25, 0.3) is 0 Å². The second-order valence-electron chi connectivity index (χ2n) is 3.74. The van der Waals surface area contributed by atoms with Crippen molar-refractivity contribution in [2.75, 3.05) is 53.9 Å². The first-order valence-corrected chi connectivity index (χ1v) is 6.28. The lowest BCUT2D eigenvalue weighted by Crippen LogP contribution is -2.12. The van der Waals surface area contributed by atoms with Gasteiger partial charge in [-0.05, 0) is 24.3 Å². The molecule has 0 aromatic heterocycles. The predicted molar refractivity (Wildman–Crippen MR) is 72.0 cm³/mol. The van der Waals surface area contributed by atoms with E-state index in [4.69, 9.17) is 23.7 Å². The smallest absolute Gasteiger partial charge is 0.119 e. The summed E-state index contributed by atoms with van der Waals surface area (Å²) >= 11 is 0. The molecule has 1 aromatic carbocycles. The molecule has 0 aliphatic carbocycles. The van der Waals surface area contributed by atoms with Gasteiger partial charge in [0.05, 0.1) is 40.1 Å². The lowest BCUT2D eigenvalue weighted by Gasteiger charge is -2.08. The van der Waals surface area contributed by atoms with Crippen LogP contribution in [-0.2, 0) is 14.2 Å². The third kappa shape index (κ3) is 7.66. The Morgan fingerprint density at radius 3 is 1.79 bits per heavy atom. The Morgan fingerprint density at radius 1 is 0.684 bits per heavy atom. The van der Waals surface area contributed by atoms with Gasteiger partial charge >= 0.3 is 0 Å². The van der Waals surface area contributed by atoms with Gasteiger partial charge in [0.1, 0.15) is 18.1 Å². The molecule has 1 aromatic rings. The standard InChI is InChI=1S/C14H22O5/c1-15-7-8-17-9-10-18-11-12-19-14-5-3-13(16-2)4-6-14/h3-6H,7-12H2,1-2H3. The van der Waals surface area contributed by atoms with Gasteiger partial charge in [0.25, 0.3) is 0 Å². The van der Waals surface area contributed by atoms with E-state index in [1.54, 1.807) is 14.2 Å². The zero-order valence-electron chi connectivity index (χ0n) is 11.6. The summed E-state index contributed by atoms with van der Waals surface area (Å²) in [6.45, 7) is 3.41. The molecule has 0 unspecified atom stereocenters. The summed E-state index contributed by atoms with van der Waals surface area (Å²) in [5.74, 6) is 1.62. The molecule has 5 nitrogen and oxygen atoms in total. The number of methoxy groups -OCH3 is 2. The summed E-state index contributed by atoms with van der Waals surface area (Å²) < 4.78 is 26.1. The Morgan fingerprint density at radius 2 is 1.21 bits per heavy atom. The molecule has 108 valence electrons. The van der Waals surface area contributed by atoms with Crippen molar-refractivity contribution in [2.45, 2.75) is 0 Å². The number of hydrogen-bond acceptors (Lipinski definition) is 5. The molecule has 0 aliphatic heterocycles. The highest BCUT2D eigenvalue weighted by molar-refractivity contribution is 5.31. The summed E-state index contributed by atoms with van der Waals surface area (Å²) in [6.07, 6.45) is 0. The fraction of sp³-hybridized carbons (Fsp3) is 0.571. The average molecular weight is 270 g/mol. The third-order valence-corrected chi connectivity index (χ3v) is 2.36. The van der Waals surface area contributed by atoms with Gasteiger partial charge in [-0.1, -0.05) is 0 Å². The number of rotatable bonds is 11. The maximum atomic E-state index is 5.51. The third-order valence-electron chi connectivity index (χ3n) is 2.36. The molecule has 19 heavy (non-hydrogen) atoms. The van der Waals surface area contributed by atoms with Crippen LogP contribution in [0.3, 0.4) is 0 Å². The first-order valence-electron chi connectivity index (χ1n) is 6.28. The lowest BCUT2D eigenvalue weighted by atomic mass is 10.3. The van der Waals surface area contributed by atoms with Crippen molar-refractivity contribution < 1.29 is 23.7 Å². The molecule has 5 heteroatoms. The minimum absolute atomic E-state index is 0.518. The van der Waals surface area contributed by atoms with Crippen LogP contribution in [0.2, 0.25) is 0 Å². The zero-order chi connectivity index (χ0) is 13.8. The van der Waals surface area contributed by atoms with Gasteiger partial charge in [-0.25, -0.2) is 0 Å². The van der Waals surface area contributed by atoms with E-state index < -0.39 is 0 Å². The van der Waals surface area contributed by atoms with Crippen molar-refractivity contribution in [1.29, 1.82) is 0 Å². The van der Waals surface area contributed by atoms with Gasteiger partial charge in [0, 0.05) is 7.11 Å². The van der Waals surface area contributed by atoms with E-state index in [-0.39, 0.29) is 0 Å². The highest BCUT2D eigenvalue weighted by atomic mass is 16.6. The van der Waals surface area contributed by atoms with Crippen LogP contribution in [0.4, 0.5) is 0 Å². The summed E-state index contributed by atoms with van der Waals surface area (Å²) in [7, 11) is 3.29. The Labute approximate surface area is 114 Å². The molecule has 0 aliphatic rings. The van der Waals surface area contributed by atoms with Gasteiger partial charge < -0.3 is 23.7 Å². The summed E-state index contributed by atoms with van der Waals surface area (Å²) in [4.78, 5) is 0. The van der Waals surface area contributed by atoms with Crippen LogP contribution in [0.5, 0.6) is 11.5 Å². The van der Waals surface area contributed by atoms with Crippen LogP contribution in [0.1, 0.15) is 0 Å². The maximum absolute atomic E-state index is 5.51. The quantitative estimate of drug-likeness (QED) is 0.573. The van der Waals surface area contributed by atoms with Gasteiger partial charge in [0.2, 0.25) is 0 Å². The molecule has 0 atom stereocenters. The van der Waals surface area contributed by atoms with Crippen LogP contribution >= 0.6 is 0 Å². The van der Waals surface area contributed by atoms with Crippen molar-refractivity contribution in [2.24, 2.45) is 0 Å². The Kier molecular flexibility index (Phi) is 8.80. The molecular formula is C14H22O5. The van der Waals surface area contributed by atoms with E-state index in [1.807, 2.05) is 24.3 Å². The molecule has 0 heterocycles. The largest absolute Gasteiger partial charge is 0.497 e. The van der Waals surface area contributed by atoms with E-state index in [1.165, 1.54) is 0 Å². The molecule has 0 fully saturated rings. The average Bonchev–Trinajstić information content (AvgIpc) is 2.46. The highest BCUT2D eigenvalue weighted by Gasteiger charge is 1.95. The van der Waals surface area contributed by atoms with Crippen molar-refractivity contribution in [3.8, 4) is 11.5 Å². The van der Waals surface area contributed by atoms with Gasteiger partial charge in [-0.15, -0.1) is 0 Å². The Hall–Kier alpha value is -1.30. The summed E-state index contributed by atoms with van der Waals surface area (Å²) in [6, 6.07) is 7.46. The number of benzene rings is 1. The second-order valence-corrected chi connectivity index (χ2v) is 3.74. The summed E-state index contributed by atoms with van der Waals surface area (Å²) in [5.41, 5.74) is 0. The SMILES string of the molecule is COCCOCCOCCOc1ccc(OC)cc1. The summed E-state index contributed by atoms with van der Waals surface area (Å²) in [5, 5.41) is 0. The second kappa shape index (κ2) is 10.6. The molecule has 0 radical (unpaired) electrons. The lowest BCUT2D eigenvalue weighted by molar-refractivity contribution is 0.0179. The molecule has 0 saturated carbocycles. The van der Waals surface area contributed by atoms with E-state index >= 15 is 0 Å². The van der Waals surface area contributed by atoms with E-state index in [0.717, 1.165) is 11.5 Å². The fourth-order valence-electron chi connectivity index (χ4n) is 1.35. The molecule has 0 spiro atoms. The van der Waals surface area contributed by atoms with Gasteiger partial charge in [-0.3, -0.25) is 0 Å². The molecular weight excluding hydrogens is 248 g/mol. The Balaban J connectivity index is 1.95. The van der Waals surface area contributed by atoms with Crippen LogP contribution in [-0.4, -0.2) is 53.9 Å². The molecule has 0 N–H and O–H groups in total. The first kappa shape index (κ1) is 15.8. The van der Waals surface area contributed by atoms with Crippen LogP contribution in [0, 0.1) is 0 Å². The molecule has 1 rings (SSSR count). The van der Waals surface area contributed by atoms with Crippen LogP contribution in [0.15, 0.2) is 24.3 Å². The van der Waals surface area contributed by atoms with Gasteiger partial charge in [0.15, 0.2) is 0 Å². The van der Waals surface area contributed by atoms with E-state index in [2.05, 4.69) is 0 Å². The van der Waals surface area contributed by atoms with Gasteiger partial charge in [-0.2, -0.15) is 0 Å². The first-order chi connectivity index (χ1) is 9.36. The molecule has 0 saturated heterocycles.